The van der Waals surface area contributed by atoms with E-state index < -0.39 is 18.1 Å². The molecule has 208 valence electrons. The zero-order valence-corrected chi connectivity index (χ0v) is 21.3. The van der Waals surface area contributed by atoms with Gasteiger partial charge in [0.2, 0.25) is 0 Å². The molecule has 1 aliphatic carbocycles. The van der Waals surface area contributed by atoms with Crippen molar-refractivity contribution in [2.75, 3.05) is 13.1 Å². The molecule has 0 atom stereocenters. The normalized spacial score (nSPS) is 12.1. The van der Waals surface area contributed by atoms with Crippen molar-refractivity contribution in [2.24, 2.45) is 0 Å². The lowest BCUT2D eigenvalue weighted by molar-refractivity contribution is -0.192. The zero-order valence-electron chi connectivity index (χ0n) is 21.3. The first-order chi connectivity index (χ1) is 18.5. The van der Waals surface area contributed by atoms with Crippen LogP contribution in [-0.2, 0) is 30.6 Å². The molecule has 3 aromatic rings. The lowest BCUT2D eigenvalue weighted by Crippen LogP contribution is -2.21. The van der Waals surface area contributed by atoms with Gasteiger partial charge >= 0.3 is 18.1 Å². The van der Waals surface area contributed by atoms with Crippen LogP contribution in [0.15, 0.2) is 42.7 Å². The molecule has 3 N–H and O–H groups in total. The number of alkyl halides is 3. The van der Waals surface area contributed by atoms with Crippen LogP contribution >= 0.6 is 0 Å². The Balaban J connectivity index is 0.000000532. The fourth-order valence-corrected chi connectivity index (χ4v) is 4.27. The van der Waals surface area contributed by atoms with Gasteiger partial charge in [0.05, 0.1) is 5.69 Å². The summed E-state index contributed by atoms with van der Waals surface area (Å²) in [5, 5.41) is 25.0. The number of Topliss-reactive ketones (excluding diaryl/α,β-unsaturated/α-hetero) is 1. The number of hydrogen-bond donors (Lipinski definition) is 3. The smallest absolute Gasteiger partial charge is 0.477 e. The van der Waals surface area contributed by atoms with Crippen molar-refractivity contribution in [3.63, 3.8) is 0 Å². The summed E-state index contributed by atoms with van der Waals surface area (Å²) in [6.45, 7) is 3.82. The highest BCUT2D eigenvalue weighted by atomic mass is 19.4. The van der Waals surface area contributed by atoms with E-state index >= 15 is 0 Å². The number of aliphatic carboxylic acids is 1. The number of rotatable bonds is 10. The fourth-order valence-electron chi connectivity index (χ4n) is 4.27. The number of nitrogens with zero attached hydrogens (tertiary/aromatic N) is 3. The van der Waals surface area contributed by atoms with Gasteiger partial charge in [0, 0.05) is 35.6 Å². The van der Waals surface area contributed by atoms with Gasteiger partial charge in [-0.25, -0.2) is 9.59 Å². The Morgan fingerprint density at radius 1 is 1.03 bits per heavy atom. The molecule has 1 aliphatic rings. The number of carbonyl (C=O) groups excluding carboxylic acids is 1. The van der Waals surface area contributed by atoms with E-state index in [0.29, 0.717) is 18.7 Å². The molecule has 4 rings (SSSR count). The van der Waals surface area contributed by atoms with Gasteiger partial charge in [-0.1, -0.05) is 24.3 Å². The van der Waals surface area contributed by atoms with Gasteiger partial charge in [0.15, 0.2) is 5.78 Å². The average molecular weight is 547 g/mol. The van der Waals surface area contributed by atoms with Gasteiger partial charge in [-0.2, -0.15) is 18.3 Å². The van der Waals surface area contributed by atoms with Gasteiger partial charge in [-0.3, -0.25) is 14.5 Å². The molecule has 0 unspecified atom stereocenters. The van der Waals surface area contributed by atoms with E-state index in [4.69, 9.17) is 9.90 Å². The van der Waals surface area contributed by atoms with Crippen molar-refractivity contribution in [1.29, 1.82) is 0 Å². The number of aryl methyl sites for hydroxylation is 3. The maximum atomic E-state index is 11.9. The number of halogens is 3. The first-order valence-electron chi connectivity index (χ1n) is 12.4. The van der Waals surface area contributed by atoms with Gasteiger partial charge in [0.1, 0.15) is 5.69 Å². The Morgan fingerprint density at radius 2 is 1.69 bits per heavy atom. The second-order valence-electron chi connectivity index (χ2n) is 9.00. The van der Waals surface area contributed by atoms with Gasteiger partial charge in [-0.15, -0.1) is 0 Å². The van der Waals surface area contributed by atoms with Crippen LogP contribution in [0, 0.1) is 0 Å². The van der Waals surface area contributed by atoms with E-state index in [-0.39, 0.29) is 5.78 Å². The van der Waals surface area contributed by atoms with E-state index in [9.17, 15) is 27.9 Å². The summed E-state index contributed by atoms with van der Waals surface area (Å²) in [6.07, 6.45) is 2.73. The van der Waals surface area contributed by atoms with Crippen LogP contribution in [0.3, 0.4) is 0 Å². The molecule has 0 aliphatic heterocycles. The van der Waals surface area contributed by atoms with E-state index in [1.54, 1.807) is 17.8 Å². The SMILES string of the molecule is CC(=O)c1ccc(CCCNCCCn2nc3c(c2C(=O)O)CCc2cnccc2-3)cc1.O=C(O)C(F)(F)F. The number of fused-ring (bicyclic) bond motifs is 3. The quantitative estimate of drug-likeness (QED) is 0.255. The highest BCUT2D eigenvalue weighted by Gasteiger charge is 2.38. The number of nitrogens with one attached hydrogen (secondary N) is 1. The Kier molecular flexibility index (Phi) is 9.94. The van der Waals surface area contributed by atoms with Gasteiger partial charge in [0.25, 0.3) is 0 Å². The Hall–Kier alpha value is -4.06. The second-order valence-corrected chi connectivity index (χ2v) is 9.00. The van der Waals surface area contributed by atoms with Gasteiger partial charge in [-0.05, 0) is 69.3 Å². The third-order valence-electron chi connectivity index (χ3n) is 6.20. The van der Waals surface area contributed by atoms with Crippen LogP contribution in [0.2, 0.25) is 0 Å². The fraction of sp³-hybridized carbons (Fsp3) is 0.370. The Labute approximate surface area is 222 Å². The minimum Gasteiger partial charge on any atom is -0.477 e. The first-order valence-corrected chi connectivity index (χ1v) is 12.4. The van der Waals surface area contributed by atoms with Crippen LogP contribution in [0.1, 0.15) is 57.3 Å². The molecule has 0 bridgehead atoms. The summed E-state index contributed by atoms with van der Waals surface area (Å²) in [5.74, 6) is -3.59. The summed E-state index contributed by atoms with van der Waals surface area (Å²) in [7, 11) is 0. The monoisotopic (exact) mass is 546 g/mol. The topological polar surface area (TPSA) is 134 Å². The van der Waals surface area contributed by atoms with Crippen molar-refractivity contribution >= 4 is 17.7 Å². The van der Waals surface area contributed by atoms with Crippen molar-refractivity contribution in [2.45, 2.75) is 51.7 Å². The van der Waals surface area contributed by atoms with Crippen molar-refractivity contribution in [3.8, 4) is 11.3 Å². The van der Waals surface area contributed by atoms with E-state index in [0.717, 1.165) is 66.7 Å². The summed E-state index contributed by atoms with van der Waals surface area (Å²) >= 11 is 0. The number of pyridine rings is 1. The number of benzene rings is 1. The molecule has 0 radical (unpaired) electrons. The molecule has 39 heavy (non-hydrogen) atoms. The second kappa shape index (κ2) is 13.1. The number of carboxylic acid groups (broad SMARTS) is 2. The summed E-state index contributed by atoms with van der Waals surface area (Å²) in [4.78, 5) is 36.3. The minimum absolute atomic E-state index is 0.0866. The molecular formula is C27H29F3N4O5. The van der Waals surface area contributed by atoms with Crippen LogP contribution in [0.4, 0.5) is 13.2 Å². The predicted molar refractivity (Wildman–Crippen MR) is 136 cm³/mol. The molecule has 0 spiro atoms. The maximum Gasteiger partial charge on any atom is 0.490 e. The average Bonchev–Trinajstić information content (AvgIpc) is 3.27. The molecular weight excluding hydrogens is 517 g/mol. The number of carboxylic acids is 2. The molecule has 1 aromatic carbocycles. The predicted octanol–water partition coefficient (Wildman–Crippen LogP) is 4.19. The highest BCUT2D eigenvalue weighted by Crippen LogP contribution is 2.34. The number of carbonyl (C=O) groups is 3. The molecule has 9 nitrogen and oxygen atoms in total. The standard InChI is InChI=1S/C25H28N4O3.C2HF3O2/c1-17(30)19-7-5-18(6-8-19)4-2-12-26-13-3-15-29-24(25(31)32)22-10-9-20-16-27-14-11-21(20)23(22)28-29;3-2(4,5)1(6)7/h5-8,11,14,16,26H,2-4,9-10,12-13,15H2,1H3,(H,31,32);(H,6,7). The van der Waals surface area contributed by atoms with Crippen LogP contribution in [-0.4, -0.2) is 62.0 Å². The molecule has 2 aromatic heterocycles. The lowest BCUT2D eigenvalue weighted by atomic mass is 9.90. The molecule has 0 saturated heterocycles. The van der Waals surface area contributed by atoms with Crippen molar-refractivity contribution in [1.82, 2.24) is 20.1 Å². The molecule has 12 heteroatoms. The third-order valence-corrected chi connectivity index (χ3v) is 6.20. The number of aromatic carboxylic acids is 1. The number of ketones is 1. The van der Waals surface area contributed by atoms with Crippen molar-refractivity contribution < 1.29 is 37.8 Å². The zero-order chi connectivity index (χ0) is 28.6. The van der Waals surface area contributed by atoms with E-state index in [1.165, 1.54) is 5.56 Å². The van der Waals surface area contributed by atoms with Gasteiger partial charge < -0.3 is 15.5 Å². The minimum atomic E-state index is -5.08. The summed E-state index contributed by atoms with van der Waals surface area (Å²) in [5.41, 5.74) is 6.02. The Morgan fingerprint density at radius 3 is 2.31 bits per heavy atom. The number of hydrogen-bond acceptors (Lipinski definition) is 6. The van der Waals surface area contributed by atoms with Crippen molar-refractivity contribution in [3.05, 3.63) is 70.7 Å². The molecule has 0 saturated carbocycles. The summed E-state index contributed by atoms with van der Waals surface area (Å²) in [6, 6.07) is 9.70. The molecule has 0 amide bonds. The van der Waals surface area contributed by atoms with Crippen LogP contribution < -0.4 is 5.32 Å². The largest absolute Gasteiger partial charge is 0.490 e. The highest BCUT2D eigenvalue weighted by molar-refractivity contribution is 5.94. The first kappa shape index (κ1) is 29.5. The molecule has 0 fully saturated rings. The summed E-state index contributed by atoms with van der Waals surface area (Å²) < 4.78 is 33.4. The maximum absolute atomic E-state index is 11.9. The van der Waals surface area contributed by atoms with Crippen LogP contribution in [0.5, 0.6) is 0 Å². The molecule has 2 heterocycles. The Bertz CT molecular complexity index is 1320. The van der Waals surface area contributed by atoms with Crippen LogP contribution in [0.25, 0.3) is 11.3 Å². The van der Waals surface area contributed by atoms with E-state index in [1.807, 2.05) is 36.5 Å². The third kappa shape index (κ3) is 7.96. The van der Waals surface area contributed by atoms with E-state index in [2.05, 4.69) is 15.4 Å². The lowest BCUT2D eigenvalue weighted by Gasteiger charge is -2.14. The number of aromatic nitrogens is 3.